The minimum atomic E-state index is -1.15. The van der Waals surface area contributed by atoms with Gasteiger partial charge in [-0.25, -0.2) is 4.79 Å². The lowest BCUT2D eigenvalue weighted by molar-refractivity contribution is -0.131. The van der Waals surface area contributed by atoms with Crippen molar-refractivity contribution in [2.45, 2.75) is 13.0 Å². The van der Waals surface area contributed by atoms with Crippen LogP contribution in [0.5, 0.6) is 0 Å². The maximum absolute atomic E-state index is 11.2. The van der Waals surface area contributed by atoms with E-state index in [1.54, 1.807) is 25.3 Å². The molecule has 1 heterocycles. The Hall–Kier alpha value is -2.17. The van der Waals surface area contributed by atoms with E-state index in [4.69, 9.17) is 5.11 Å². The van der Waals surface area contributed by atoms with Crippen molar-refractivity contribution in [2.75, 3.05) is 0 Å². The third-order valence-corrected chi connectivity index (χ3v) is 1.87. The fourth-order valence-electron chi connectivity index (χ4n) is 1.11. The minimum Gasteiger partial charge on any atom is -0.478 e. The van der Waals surface area contributed by atoms with Gasteiger partial charge in [0, 0.05) is 18.3 Å². The van der Waals surface area contributed by atoms with Gasteiger partial charge in [-0.3, -0.25) is 9.78 Å². The van der Waals surface area contributed by atoms with Gasteiger partial charge in [0.15, 0.2) is 0 Å². The number of aromatic nitrogens is 1. The van der Waals surface area contributed by atoms with E-state index >= 15 is 0 Å². The smallest absolute Gasteiger partial charge is 0.328 e. The number of nitrogens with one attached hydrogen (secondary N) is 1. The number of carboxylic acid groups (broad SMARTS) is 1. The minimum absolute atomic E-state index is 0.257. The van der Waals surface area contributed by atoms with Crippen molar-refractivity contribution in [3.05, 3.63) is 42.2 Å². The Balaban J connectivity index is 2.55. The molecular weight excluding hydrogens is 208 g/mol. The molecule has 0 unspecified atom stereocenters. The maximum atomic E-state index is 11.2. The van der Waals surface area contributed by atoms with Crippen LogP contribution in [-0.2, 0) is 9.59 Å². The van der Waals surface area contributed by atoms with Crippen molar-refractivity contribution in [3.8, 4) is 0 Å². The van der Waals surface area contributed by atoms with E-state index in [-0.39, 0.29) is 6.04 Å². The summed E-state index contributed by atoms with van der Waals surface area (Å²) in [7, 11) is 0. The van der Waals surface area contributed by atoms with E-state index in [1.807, 2.05) is 6.07 Å². The summed E-state index contributed by atoms with van der Waals surface area (Å²) in [6, 6.07) is 5.12. The molecule has 5 heteroatoms. The van der Waals surface area contributed by atoms with E-state index in [0.717, 1.165) is 17.8 Å². The third-order valence-electron chi connectivity index (χ3n) is 1.87. The predicted octanol–water partition coefficient (Wildman–Crippen LogP) is 0.900. The van der Waals surface area contributed by atoms with Crippen molar-refractivity contribution in [3.63, 3.8) is 0 Å². The molecule has 0 saturated carbocycles. The van der Waals surface area contributed by atoms with Crippen LogP contribution in [0.2, 0.25) is 0 Å². The summed E-state index contributed by atoms with van der Waals surface area (Å²) in [6.07, 6.45) is 3.40. The number of nitrogens with zero attached hydrogens (tertiary/aromatic N) is 1. The second-order valence-corrected chi connectivity index (χ2v) is 3.16. The van der Waals surface area contributed by atoms with Crippen LogP contribution in [0.15, 0.2) is 36.5 Å². The Bertz CT molecular complexity index is 401. The van der Waals surface area contributed by atoms with Gasteiger partial charge in [0.25, 0.3) is 0 Å². The molecule has 16 heavy (non-hydrogen) atoms. The van der Waals surface area contributed by atoms with Gasteiger partial charge in [-0.1, -0.05) is 6.07 Å². The SMILES string of the molecule is C[C@H](NC(=O)/C=C/C(=O)O)c1ccccn1. The van der Waals surface area contributed by atoms with Gasteiger partial charge in [-0.05, 0) is 19.1 Å². The molecule has 84 valence electrons. The molecule has 1 rings (SSSR count). The fraction of sp³-hybridized carbons (Fsp3) is 0.182. The highest BCUT2D eigenvalue weighted by Crippen LogP contribution is 2.07. The molecule has 0 aliphatic rings. The second kappa shape index (κ2) is 5.65. The van der Waals surface area contributed by atoms with Crippen LogP contribution in [-0.4, -0.2) is 22.0 Å². The molecule has 0 bridgehead atoms. The number of amides is 1. The Morgan fingerprint density at radius 2 is 2.19 bits per heavy atom. The largest absolute Gasteiger partial charge is 0.478 e. The number of aliphatic carboxylic acids is 1. The summed E-state index contributed by atoms with van der Waals surface area (Å²) in [5.74, 6) is -1.61. The highest BCUT2D eigenvalue weighted by Gasteiger charge is 2.07. The molecule has 0 spiro atoms. The molecule has 2 N–H and O–H groups in total. The lowest BCUT2D eigenvalue weighted by Crippen LogP contribution is -2.25. The maximum Gasteiger partial charge on any atom is 0.328 e. The summed E-state index contributed by atoms with van der Waals surface area (Å²) in [5.41, 5.74) is 0.722. The number of carbonyl (C=O) groups is 2. The summed E-state index contributed by atoms with van der Waals surface area (Å²) in [5, 5.41) is 10.9. The first-order chi connectivity index (χ1) is 7.59. The van der Waals surface area contributed by atoms with E-state index in [2.05, 4.69) is 10.3 Å². The molecule has 0 aliphatic heterocycles. The Morgan fingerprint density at radius 3 is 2.75 bits per heavy atom. The van der Waals surface area contributed by atoms with Gasteiger partial charge < -0.3 is 10.4 Å². The van der Waals surface area contributed by atoms with Gasteiger partial charge in [0.2, 0.25) is 5.91 Å². The number of carboxylic acids is 1. The van der Waals surface area contributed by atoms with Crippen LogP contribution < -0.4 is 5.32 Å². The number of pyridine rings is 1. The number of rotatable bonds is 4. The van der Waals surface area contributed by atoms with E-state index in [0.29, 0.717) is 0 Å². The van der Waals surface area contributed by atoms with Gasteiger partial charge in [-0.2, -0.15) is 0 Å². The van der Waals surface area contributed by atoms with Crippen molar-refractivity contribution in [1.82, 2.24) is 10.3 Å². The Morgan fingerprint density at radius 1 is 1.44 bits per heavy atom. The zero-order valence-electron chi connectivity index (χ0n) is 8.75. The number of carbonyl (C=O) groups excluding carboxylic acids is 1. The molecule has 0 aromatic carbocycles. The summed E-state index contributed by atoms with van der Waals surface area (Å²) >= 11 is 0. The van der Waals surface area contributed by atoms with Gasteiger partial charge in [-0.15, -0.1) is 0 Å². The van der Waals surface area contributed by atoms with E-state index < -0.39 is 11.9 Å². The average molecular weight is 220 g/mol. The van der Waals surface area contributed by atoms with Gasteiger partial charge in [0.1, 0.15) is 0 Å². The third kappa shape index (κ3) is 3.91. The van der Waals surface area contributed by atoms with Crippen molar-refractivity contribution in [1.29, 1.82) is 0 Å². The number of hydrogen-bond acceptors (Lipinski definition) is 3. The van der Waals surface area contributed by atoms with Crippen molar-refractivity contribution < 1.29 is 14.7 Å². The monoisotopic (exact) mass is 220 g/mol. The molecule has 0 saturated heterocycles. The Labute approximate surface area is 92.8 Å². The number of hydrogen-bond donors (Lipinski definition) is 2. The highest BCUT2D eigenvalue weighted by atomic mass is 16.4. The normalized spacial score (nSPS) is 12.3. The molecule has 5 nitrogen and oxygen atoms in total. The van der Waals surface area contributed by atoms with Crippen molar-refractivity contribution >= 4 is 11.9 Å². The highest BCUT2D eigenvalue weighted by molar-refractivity contribution is 5.93. The quantitative estimate of drug-likeness (QED) is 0.739. The van der Waals surface area contributed by atoms with Crippen LogP contribution in [0.1, 0.15) is 18.7 Å². The van der Waals surface area contributed by atoms with Crippen LogP contribution in [0.3, 0.4) is 0 Å². The molecule has 1 amide bonds. The molecular formula is C11H12N2O3. The first kappa shape index (κ1) is 11.9. The molecule has 0 aliphatic carbocycles. The summed E-state index contributed by atoms with van der Waals surface area (Å²) in [4.78, 5) is 25.5. The van der Waals surface area contributed by atoms with Crippen LogP contribution in [0, 0.1) is 0 Å². The molecule has 1 atom stereocenters. The van der Waals surface area contributed by atoms with Gasteiger partial charge >= 0.3 is 5.97 Å². The summed E-state index contributed by atoms with van der Waals surface area (Å²) in [6.45, 7) is 1.77. The molecule has 1 aromatic heterocycles. The van der Waals surface area contributed by atoms with Crippen LogP contribution in [0.25, 0.3) is 0 Å². The first-order valence-corrected chi connectivity index (χ1v) is 4.72. The molecule has 0 radical (unpaired) electrons. The summed E-state index contributed by atoms with van der Waals surface area (Å²) < 4.78 is 0. The second-order valence-electron chi connectivity index (χ2n) is 3.16. The lowest BCUT2D eigenvalue weighted by atomic mass is 10.2. The Kier molecular flexibility index (Phi) is 4.20. The lowest BCUT2D eigenvalue weighted by Gasteiger charge is -2.11. The standard InChI is InChI=1S/C11H12N2O3/c1-8(9-4-2-3-7-12-9)13-10(14)5-6-11(15)16/h2-8H,1H3,(H,13,14)(H,15,16)/b6-5+/t8-/m0/s1. The van der Waals surface area contributed by atoms with Crippen LogP contribution >= 0.6 is 0 Å². The zero-order chi connectivity index (χ0) is 12.0. The molecule has 0 fully saturated rings. The van der Waals surface area contributed by atoms with Gasteiger partial charge in [0.05, 0.1) is 11.7 Å². The van der Waals surface area contributed by atoms with Crippen LogP contribution in [0.4, 0.5) is 0 Å². The van der Waals surface area contributed by atoms with E-state index in [1.165, 1.54) is 0 Å². The molecule has 1 aromatic rings. The van der Waals surface area contributed by atoms with E-state index in [9.17, 15) is 9.59 Å². The first-order valence-electron chi connectivity index (χ1n) is 4.72. The fourth-order valence-corrected chi connectivity index (χ4v) is 1.11. The predicted molar refractivity (Wildman–Crippen MR) is 57.6 cm³/mol. The zero-order valence-corrected chi connectivity index (χ0v) is 8.75. The average Bonchev–Trinajstić information content (AvgIpc) is 2.27. The van der Waals surface area contributed by atoms with Crippen molar-refractivity contribution in [2.24, 2.45) is 0 Å². The topological polar surface area (TPSA) is 79.3 Å².